The molecule has 0 N–H and O–H groups in total. The van der Waals surface area contributed by atoms with Crippen LogP contribution in [0.2, 0.25) is 0 Å². The molecule has 0 atom stereocenters. The number of Topliss-reactive ketones (excluding diaryl/α,β-unsaturated/α-hetero) is 1. The molecule has 2 rings (SSSR count). The minimum Gasteiger partial charge on any atom is -0.294 e. The summed E-state index contributed by atoms with van der Waals surface area (Å²) in [5, 5.41) is 4.16. The van der Waals surface area contributed by atoms with E-state index in [2.05, 4.69) is 12.0 Å². The molecule has 0 unspecified atom stereocenters. The van der Waals surface area contributed by atoms with Crippen molar-refractivity contribution in [2.75, 3.05) is 0 Å². The van der Waals surface area contributed by atoms with Crippen LogP contribution >= 0.6 is 0 Å². The van der Waals surface area contributed by atoms with Gasteiger partial charge in [-0.25, -0.2) is 0 Å². The monoisotopic (exact) mass is 220 g/mol. The first-order chi connectivity index (χ1) is 7.70. The van der Waals surface area contributed by atoms with Crippen LogP contribution in [0.15, 0.2) is 12.4 Å². The van der Waals surface area contributed by atoms with Gasteiger partial charge in [-0.05, 0) is 25.7 Å². The summed E-state index contributed by atoms with van der Waals surface area (Å²) in [5.74, 6) is 1.33. The Bertz CT molecular complexity index is 362. The number of ketones is 1. The van der Waals surface area contributed by atoms with Crippen LogP contribution in [0, 0.1) is 11.8 Å². The quantitative estimate of drug-likeness (QED) is 0.734. The largest absolute Gasteiger partial charge is 0.294 e. The van der Waals surface area contributed by atoms with Crippen molar-refractivity contribution < 1.29 is 4.79 Å². The van der Waals surface area contributed by atoms with E-state index in [4.69, 9.17) is 0 Å². The van der Waals surface area contributed by atoms with E-state index in [1.165, 1.54) is 12.8 Å². The molecule has 16 heavy (non-hydrogen) atoms. The Balaban J connectivity index is 2.01. The van der Waals surface area contributed by atoms with E-state index < -0.39 is 0 Å². The Morgan fingerprint density at radius 2 is 2.12 bits per heavy atom. The molecule has 0 aromatic carbocycles. The molecule has 0 radical (unpaired) electrons. The predicted molar refractivity (Wildman–Crippen MR) is 63.4 cm³/mol. The Labute approximate surface area is 96.8 Å². The molecule has 1 aliphatic rings. The molecule has 0 amide bonds. The van der Waals surface area contributed by atoms with Gasteiger partial charge in [0, 0.05) is 18.7 Å². The maximum Gasteiger partial charge on any atom is 0.169 e. The van der Waals surface area contributed by atoms with E-state index in [9.17, 15) is 4.79 Å². The lowest BCUT2D eigenvalue weighted by molar-refractivity contribution is 0.0875. The maximum absolute atomic E-state index is 12.2. The second kappa shape index (κ2) is 4.81. The van der Waals surface area contributed by atoms with Crippen molar-refractivity contribution in [2.45, 2.75) is 46.1 Å². The van der Waals surface area contributed by atoms with Gasteiger partial charge >= 0.3 is 0 Å². The number of aryl methyl sites for hydroxylation is 1. The SMILES string of the molecule is CCn1cc(C(=O)C2CCC(C)CC2)cn1. The minimum absolute atomic E-state index is 0.241. The number of hydrogen-bond acceptors (Lipinski definition) is 2. The number of nitrogens with zero attached hydrogens (tertiary/aromatic N) is 2. The molecule has 3 heteroatoms. The second-order valence-electron chi connectivity index (χ2n) is 4.91. The molecule has 1 aromatic heterocycles. The van der Waals surface area contributed by atoms with Crippen molar-refractivity contribution in [1.29, 1.82) is 0 Å². The highest BCUT2D eigenvalue weighted by Gasteiger charge is 2.25. The van der Waals surface area contributed by atoms with Gasteiger partial charge in [-0.3, -0.25) is 9.48 Å². The average molecular weight is 220 g/mol. The summed E-state index contributed by atoms with van der Waals surface area (Å²) in [7, 11) is 0. The van der Waals surface area contributed by atoms with Gasteiger partial charge in [-0.15, -0.1) is 0 Å². The Hall–Kier alpha value is -1.12. The Morgan fingerprint density at radius 3 is 2.69 bits per heavy atom. The molecule has 3 nitrogen and oxygen atoms in total. The molecule has 0 aliphatic heterocycles. The summed E-state index contributed by atoms with van der Waals surface area (Å²) in [4.78, 5) is 12.2. The zero-order chi connectivity index (χ0) is 11.5. The fourth-order valence-corrected chi connectivity index (χ4v) is 2.42. The highest BCUT2D eigenvalue weighted by atomic mass is 16.1. The third kappa shape index (κ3) is 2.34. The maximum atomic E-state index is 12.2. The van der Waals surface area contributed by atoms with Crippen LogP contribution in [0.4, 0.5) is 0 Å². The molecule has 0 saturated heterocycles. The normalized spacial score (nSPS) is 25.6. The van der Waals surface area contributed by atoms with Crippen molar-refractivity contribution in [3.05, 3.63) is 18.0 Å². The molecule has 1 heterocycles. The first kappa shape index (κ1) is 11.4. The number of hydrogen-bond donors (Lipinski definition) is 0. The van der Waals surface area contributed by atoms with Crippen LogP contribution in [-0.4, -0.2) is 15.6 Å². The lowest BCUT2D eigenvalue weighted by Crippen LogP contribution is -2.20. The van der Waals surface area contributed by atoms with Gasteiger partial charge in [-0.2, -0.15) is 5.10 Å². The molecule has 0 bridgehead atoms. The van der Waals surface area contributed by atoms with Crippen molar-refractivity contribution in [2.24, 2.45) is 11.8 Å². The first-order valence-electron chi connectivity index (χ1n) is 6.27. The topological polar surface area (TPSA) is 34.9 Å². The highest BCUT2D eigenvalue weighted by Crippen LogP contribution is 2.30. The smallest absolute Gasteiger partial charge is 0.169 e. The van der Waals surface area contributed by atoms with Gasteiger partial charge in [0.25, 0.3) is 0 Å². The van der Waals surface area contributed by atoms with Crippen molar-refractivity contribution in [3.8, 4) is 0 Å². The van der Waals surface area contributed by atoms with Gasteiger partial charge < -0.3 is 0 Å². The first-order valence-corrected chi connectivity index (χ1v) is 6.27. The molecule has 1 saturated carbocycles. The molecule has 1 fully saturated rings. The van der Waals surface area contributed by atoms with Gasteiger partial charge in [0.05, 0.1) is 11.8 Å². The lowest BCUT2D eigenvalue weighted by Gasteiger charge is -2.24. The molecule has 1 aliphatic carbocycles. The molecule has 0 spiro atoms. The van der Waals surface area contributed by atoms with Crippen LogP contribution < -0.4 is 0 Å². The second-order valence-corrected chi connectivity index (χ2v) is 4.91. The fourth-order valence-electron chi connectivity index (χ4n) is 2.42. The molecule has 88 valence electrons. The number of carbonyl (C=O) groups is 1. The third-order valence-electron chi connectivity index (χ3n) is 3.63. The molecular formula is C13H20N2O. The van der Waals surface area contributed by atoms with Gasteiger partial charge in [0.1, 0.15) is 0 Å². The van der Waals surface area contributed by atoms with E-state index in [0.29, 0.717) is 5.78 Å². The zero-order valence-corrected chi connectivity index (χ0v) is 10.1. The highest BCUT2D eigenvalue weighted by molar-refractivity contribution is 5.97. The summed E-state index contributed by atoms with van der Waals surface area (Å²) in [6.45, 7) is 5.13. The van der Waals surface area contributed by atoms with E-state index in [0.717, 1.165) is 30.9 Å². The number of aromatic nitrogens is 2. The molecular weight excluding hydrogens is 200 g/mol. The number of carbonyl (C=O) groups excluding carboxylic acids is 1. The summed E-state index contributed by atoms with van der Waals surface area (Å²) in [6, 6.07) is 0. The zero-order valence-electron chi connectivity index (χ0n) is 10.1. The summed E-state index contributed by atoms with van der Waals surface area (Å²) in [5.41, 5.74) is 0.793. The van der Waals surface area contributed by atoms with Crippen molar-refractivity contribution in [3.63, 3.8) is 0 Å². The van der Waals surface area contributed by atoms with E-state index in [1.807, 2.05) is 17.8 Å². The fraction of sp³-hybridized carbons (Fsp3) is 0.692. The third-order valence-corrected chi connectivity index (χ3v) is 3.63. The number of rotatable bonds is 3. The average Bonchev–Trinajstić information content (AvgIpc) is 2.77. The van der Waals surface area contributed by atoms with E-state index in [-0.39, 0.29) is 5.92 Å². The molecule has 1 aromatic rings. The Morgan fingerprint density at radius 1 is 1.44 bits per heavy atom. The van der Waals surface area contributed by atoms with Gasteiger partial charge in [-0.1, -0.05) is 19.8 Å². The lowest BCUT2D eigenvalue weighted by atomic mass is 9.80. The summed E-state index contributed by atoms with van der Waals surface area (Å²) in [6.07, 6.45) is 8.08. The van der Waals surface area contributed by atoms with Crippen LogP contribution in [0.3, 0.4) is 0 Å². The predicted octanol–water partition coefficient (Wildman–Crippen LogP) is 2.91. The van der Waals surface area contributed by atoms with Gasteiger partial charge in [0.2, 0.25) is 0 Å². The van der Waals surface area contributed by atoms with E-state index in [1.54, 1.807) is 6.20 Å². The standard InChI is InChI=1S/C13H20N2O/c1-3-15-9-12(8-14-15)13(16)11-6-4-10(2)5-7-11/h8-11H,3-7H2,1-2H3. The summed E-state index contributed by atoms with van der Waals surface area (Å²) < 4.78 is 1.82. The van der Waals surface area contributed by atoms with Crippen LogP contribution in [0.25, 0.3) is 0 Å². The van der Waals surface area contributed by atoms with Crippen LogP contribution in [0.5, 0.6) is 0 Å². The Kier molecular flexibility index (Phi) is 3.42. The van der Waals surface area contributed by atoms with Crippen molar-refractivity contribution >= 4 is 5.78 Å². The van der Waals surface area contributed by atoms with Crippen LogP contribution in [0.1, 0.15) is 49.9 Å². The van der Waals surface area contributed by atoms with Gasteiger partial charge in [0.15, 0.2) is 5.78 Å². The van der Waals surface area contributed by atoms with Crippen molar-refractivity contribution in [1.82, 2.24) is 9.78 Å². The minimum atomic E-state index is 0.241. The van der Waals surface area contributed by atoms with Crippen LogP contribution in [-0.2, 0) is 6.54 Å². The van der Waals surface area contributed by atoms with E-state index >= 15 is 0 Å². The summed E-state index contributed by atoms with van der Waals surface area (Å²) >= 11 is 0.